The van der Waals surface area contributed by atoms with Gasteiger partial charge in [0.2, 0.25) is 5.91 Å². The van der Waals surface area contributed by atoms with E-state index in [1.54, 1.807) is 14.0 Å². The second kappa shape index (κ2) is 5.16. The van der Waals surface area contributed by atoms with E-state index in [2.05, 4.69) is 16.0 Å². The molecule has 1 atom stereocenters. The molecule has 19 heavy (non-hydrogen) atoms. The molecule has 106 valence electrons. The fraction of sp³-hybridized carbons (Fsp3) is 0.750. The first-order valence-electron chi connectivity index (χ1n) is 6.54. The minimum absolute atomic E-state index is 0.210. The van der Waals surface area contributed by atoms with Crippen molar-refractivity contribution < 1.29 is 14.4 Å². The number of carbonyl (C=O) groups excluding carboxylic acids is 3. The molecule has 2 rings (SSSR count). The Kier molecular flexibility index (Phi) is 3.75. The quantitative estimate of drug-likeness (QED) is 0.427. The molecule has 0 bridgehead atoms. The number of imide groups is 1. The van der Waals surface area contributed by atoms with Gasteiger partial charge in [0.1, 0.15) is 12.1 Å². The number of likely N-dealkylation sites (N-methyl/N-ethyl adjacent to an activating group) is 1. The van der Waals surface area contributed by atoms with E-state index >= 15 is 0 Å². The molecule has 4 amide bonds. The number of amides is 4. The summed E-state index contributed by atoms with van der Waals surface area (Å²) in [5, 5.41) is 8.25. The molecule has 7 heteroatoms. The van der Waals surface area contributed by atoms with E-state index in [0.717, 1.165) is 17.7 Å². The first kappa shape index (κ1) is 13.8. The maximum absolute atomic E-state index is 12.2. The van der Waals surface area contributed by atoms with Crippen LogP contribution in [0.25, 0.3) is 0 Å². The normalized spacial score (nSPS) is 26.5. The fourth-order valence-corrected chi connectivity index (χ4v) is 2.32. The number of nitrogens with one attached hydrogen (secondary N) is 3. The minimum atomic E-state index is -0.817. The summed E-state index contributed by atoms with van der Waals surface area (Å²) < 4.78 is 0. The van der Waals surface area contributed by atoms with E-state index in [-0.39, 0.29) is 24.3 Å². The molecule has 0 aromatic heterocycles. The second-order valence-electron chi connectivity index (χ2n) is 5.25. The summed E-state index contributed by atoms with van der Waals surface area (Å²) in [6.07, 6.45) is 1.90. The molecular formula is C12H20N4O3. The van der Waals surface area contributed by atoms with Crippen molar-refractivity contribution in [3.8, 4) is 0 Å². The van der Waals surface area contributed by atoms with Crippen molar-refractivity contribution in [3.63, 3.8) is 0 Å². The van der Waals surface area contributed by atoms with Crippen LogP contribution >= 0.6 is 0 Å². The molecule has 0 radical (unpaired) electrons. The van der Waals surface area contributed by atoms with Gasteiger partial charge in [-0.05, 0) is 32.7 Å². The van der Waals surface area contributed by atoms with Crippen molar-refractivity contribution in [2.45, 2.75) is 25.3 Å². The Morgan fingerprint density at radius 2 is 2.11 bits per heavy atom. The largest absolute Gasteiger partial charge is 0.353 e. The van der Waals surface area contributed by atoms with Crippen molar-refractivity contribution in [2.24, 2.45) is 5.92 Å². The van der Waals surface area contributed by atoms with E-state index in [0.29, 0.717) is 13.1 Å². The standard InChI is InChI=1S/C12H20N4O3/c1-12(8-3-4-8)10(18)16(11(19)15-12)7-9(17)14-6-5-13-2/h8,13H,3-7H2,1-2H3,(H,14,17)(H,15,19). The van der Waals surface area contributed by atoms with Crippen LogP contribution < -0.4 is 16.0 Å². The molecule has 0 spiro atoms. The first-order chi connectivity index (χ1) is 8.99. The van der Waals surface area contributed by atoms with Gasteiger partial charge in [-0.1, -0.05) is 0 Å². The lowest BCUT2D eigenvalue weighted by Gasteiger charge is -2.20. The summed E-state index contributed by atoms with van der Waals surface area (Å²) in [7, 11) is 1.78. The fourth-order valence-electron chi connectivity index (χ4n) is 2.32. The van der Waals surface area contributed by atoms with Crippen LogP contribution in [0.15, 0.2) is 0 Å². The zero-order valence-electron chi connectivity index (χ0n) is 11.3. The highest BCUT2D eigenvalue weighted by atomic mass is 16.2. The third-order valence-electron chi connectivity index (χ3n) is 3.69. The van der Waals surface area contributed by atoms with E-state index < -0.39 is 11.6 Å². The lowest BCUT2D eigenvalue weighted by atomic mass is 9.96. The number of carbonyl (C=O) groups is 3. The van der Waals surface area contributed by atoms with Crippen molar-refractivity contribution in [2.75, 3.05) is 26.7 Å². The Hall–Kier alpha value is -1.63. The maximum Gasteiger partial charge on any atom is 0.325 e. The zero-order chi connectivity index (χ0) is 14.0. The van der Waals surface area contributed by atoms with Gasteiger partial charge in [-0.2, -0.15) is 0 Å². The lowest BCUT2D eigenvalue weighted by Crippen LogP contribution is -2.47. The smallest absolute Gasteiger partial charge is 0.325 e. The molecule has 1 unspecified atom stereocenters. The summed E-state index contributed by atoms with van der Waals surface area (Å²) >= 11 is 0. The van der Waals surface area contributed by atoms with Crippen LogP contribution in [-0.4, -0.2) is 55.0 Å². The second-order valence-corrected chi connectivity index (χ2v) is 5.25. The SMILES string of the molecule is CNCCNC(=O)CN1C(=O)NC(C)(C2CC2)C1=O. The van der Waals surface area contributed by atoms with Gasteiger partial charge in [0.25, 0.3) is 5.91 Å². The number of rotatable bonds is 6. The Morgan fingerprint density at radius 3 is 2.68 bits per heavy atom. The van der Waals surface area contributed by atoms with E-state index in [9.17, 15) is 14.4 Å². The summed E-state index contributed by atoms with van der Waals surface area (Å²) in [5.41, 5.74) is -0.817. The molecule has 1 aliphatic carbocycles. The molecule has 1 saturated heterocycles. The van der Waals surface area contributed by atoms with E-state index in [1.807, 2.05) is 0 Å². The van der Waals surface area contributed by atoms with Crippen LogP contribution in [0.4, 0.5) is 4.79 Å². The molecule has 0 aromatic rings. The first-order valence-corrected chi connectivity index (χ1v) is 6.54. The third-order valence-corrected chi connectivity index (χ3v) is 3.69. The molecule has 1 saturated carbocycles. The van der Waals surface area contributed by atoms with Crippen LogP contribution in [0, 0.1) is 5.92 Å². The number of hydrogen-bond donors (Lipinski definition) is 3. The van der Waals surface area contributed by atoms with Crippen LogP contribution in [0.3, 0.4) is 0 Å². The summed E-state index contributed by atoms with van der Waals surface area (Å²) in [5.74, 6) is -0.399. The molecule has 7 nitrogen and oxygen atoms in total. The lowest BCUT2D eigenvalue weighted by molar-refractivity contribution is -0.135. The van der Waals surface area contributed by atoms with Crippen LogP contribution in [0.2, 0.25) is 0 Å². The van der Waals surface area contributed by atoms with Crippen molar-refractivity contribution in [1.29, 1.82) is 0 Å². The third kappa shape index (κ3) is 2.70. The van der Waals surface area contributed by atoms with Crippen molar-refractivity contribution in [1.82, 2.24) is 20.9 Å². The summed E-state index contributed by atoms with van der Waals surface area (Å²) in [6.45, 7) is 2.64. The van der Waals surface area contributed by atoms with Crippen LogP contribution in [0.1, 0.15) is 19.8 Å². The van der Waals surface area contributed by atoms with Gasteiger partial charge < -0.3 is 16.0 Å². The Morgan fingerprint density at radius 1 is 1.42 bits per heavy atom. The molecule has 1 heterocycles. The average Bonchev–Trinajstić information content (AvgIpc) is 3.16. The molecule has 3 N–H and O–H groups in total. The summed E-state index contributed by atoms with van der Waals surface area (Å²) in [4.78, 5) is 36.7. The number of hydrogen-bond acceptors (Lipinski definition) is 4. The minimum Gasteiger partial charge on any atom is -0.353 e. The maximum atomic E-state index is 12.2. The Bertz CT molecular complexity index is 408. The summed E-state index contributed by atoms with van der Waals surface area (Å²) in [6, 6.07) is -0.469. The van der Waals surface area contributed by atoms with Gasteiger partial charge in [0.05, 0.1) is 0 Å². The number of nitrogens with zero attached hydrogens (tertiary/aromatic N) is 1. The Labute approximate surface area is 112 Å². The molecule has 1 aliphatic heterocycles. The molecule has 2 aliphatic rings. The van der Waals surface area contributed by atoms with Gasteiger partial charge in [0, 0.05) is 13.1 Å². The topological polar surface area (TPSA) is 90.5 Å². The van der Waals surface area contributed by atoms with E-state index in [1.165, 1.54) is 0 Å². The Balaban J connectivity index is 1.91. The molecule has 2 fully saturated rings. The monoisotopic (exact) mass is 268 g/mol. The molecule has 0 aromatic carbocycles. The van der Waals surface area contributed by atoms with Gasteiger partial charge >= 0.3 is 6.03 Å². The number of urea groups is 1. The van der Waals surface area contributed by atoms with Gasteiger partial charge in [-0.15, -0.1) is 0 Å². The van der Waals surface area contributed by atoms with Gasteiger partial charge in [0.15, 0.2) is 0 Å². The van der Waals surface area contributed by atoms with Crippen molar-refractivity contribution >= 4 is 17.8 Å². The van der Waals surface area contributed by atoms with Gasteiger partial charge in [-0.25, -0.2) is 4.79 Å². The zero-order valence-corrected chi connectivity index (χ0v) is 11.3. The highest BCUT2D eigenvalue weighted by Crippen LogP contribution is 2.42. The average molecular weight is 268 g/mol. The van der Waals surface area contributed by atoms with Crippen LogP contribution in [-0.2, 0) is 9.59 Å². The van der Waals surface area contributed by atoms with E-state index in [4.69, 9.17) is 0 Å². The molecular weight excluding hydrogens is 248 g/mol. The van der Waals surface area contributed by atoms with Crippen molar-refractivity contribution in [3.05, 3.63) is 0 Å². The predicted molar refractivity (Wildman–Crippen MR) is 68.3 cm³/mol. The highest BCUT2D eigenvalue weighted by Gasteiger charge is 2.56. The highest BCUT2D eigenvalue weighted by molar-refractivity contribution is 6.09. The predicted octanol–water partition coefficient (Wildman–Crippen LogP) is -0.957. The van der Waals surface area contributed by atoms with Gasteiger partial charge in [-0.3, -0.25) is 14.5 Å². The van der Waals surface area contributed by atoms with Crippen LogP contribution in [0.5, 0.6) is 0 Å².